The highest BCUT2D eigenvalue weighted by atomic mass is 79.9. The minimum absolute atomic E-state index is 0.140. The van der Waals surface area contributed by atoms with Crippen molar-refractivity contribution in [3.63, 3.8) is 0 Å². The van der Waals surface area contributed by atoms with E-state index in [4.69, 9.17) is 9.83 Å². The van der Waals surface area contributed by atoms with Crippen LogP contribution in [0.3, 0.4) is 0 Å². The van der Waals surface area contributed by atoms with Crippen LogP contribution in [0.5, 0.6) is 0 Å². The number of carbonyl (C=O) groups is 1. The largest absolute Gasteiger partial charge is 0.456 e. The molecule has 0 fully saturated rings. The van der Waals surface area contributed by atoms with Crippen LogP contribution in [0.25, 0.3) is 33.4 Å². The van der Waals surface area contributed by atoms with Gasteiger partial charge in [0, 0.05) is 39.9 Å². The third-order valence-corrected chi connectivity index (χ3v) is 5.47. The summed E-state index contributed by atoms with van der Waals surface area (Å²) in [5, 5.41) is 10.1. The Bertz CT molecular complexity index is 1210. The number of hydrogen-bond acceptors (Lipinski definition) is 3. The SMILES string of the molecule is Cc1ccc2c(-c3ccccc3C(=O)CCCBr)c3ccc(=N)cc-3oc2c1. The van der Waals surface area contributed by atoms with Gasteiger partial charge in [0.25, 0.3) is 0 Å². The quantitative estimate of drug-likeness (QED) is 0.226. The maximum atomic E-state index is 12.9. The summed E-state index contributed by atoms with van der Waals surface area (Å²) >= 11 is 3.41. The number of benzene rings is 3. The molecule has 2 aromatic carbocycles. The Morgan fingerprint density at radius 2 is 1.86 bits per heavy atom. The Balaban J connectivity index is 2.06. The molecule has 0 saturated heterocycles. The molecule has 0 atom stereocenters. The van der Waals surface area contributed by atoms with Crippen molar-refractivity contribution in [2.75, 3.05) is 5.33 Å². The van der Waals surface area contributed by atoms with Crippen LogP contribution in [-0.4, -0.2) is 11.1 Å². The van der Waals surface area contributed by atoms with Gasteiger partial charge in [0.2, 0.25) is 0 Å². The van der Waals surface area contributed by atoms with Crippen LogP contribution >= 0.6 is 15.9 Å². The average molecular weight is 434 g/mol. The highest BCUT2D eigenvalue weighted by Crippen LogP contribution is 2.41. The first-order valence-electron chi connectivity index (χ1n) is 9.29. The molecule has 0 aromatic heterocycles. The van der Waals surface area contributed by atoms with Crippen molar-refractivity contribution in [2.45, 2.75) is 19.8 Å². The molecule has 4 rings (SSSR count). The number of hydrogen-bond donors (Lipinski definition) is 1. The van der Waals surface area contributed by atoms with Gasteiger partial charge in [-0.2, -0.15) is 0 Å². The van der Waals surface area contributed by atoms with Crippen LogP contribution in [0.2, 0.25) is 0 Å². The van der Waals surface area contributed by atoms with E-state index < -0.39 is 0 Å². The topological polar surface area (TPSA) is 54.1 Å². The molecular formula is C24H20BrNO2. The second-order valence-electron chi connectivity index (χ2n) is 6.95. The first kappa shape index (κ1) is 18.6. The van der Waals surface area contributed by atoms with E-state index in [-0.39, 0.29) is 5.78 Å². The van der Waals surface area contributed by atoms with E-state index in [1.165, 1.54) is 0 Å². The predicted octanol–water partition coefficient (Wildman–Crippen LogP) is 6.35. The van der Waals surface area contributed by atoms with Gasteiger partial charge in [-0.25, -0.2) is 0 Å². The van der Waals surface area contributed by atoms with Crippen molar-refractivity contribution in [3.8, 4) is 22.5 Å². The van der Waals surface area contributed by atoms with Gasteiger partial charge in [0.05, 0.1) is 5.36 Å². The maximum Gasteiger partial charge on any atom is 0.163 e. The van der Waals surface area contributed by atoms with Crippen LogP contribution in [0.1, 0.15) is 28.8 Å². The summed E-state index contributed by atoms with van der Waals surface area (Å²) in [7, 11) is 0. The number of rotatable bonds is 5. The summed E-state index contributed by atoms with van der Waals surface area (Å²) < 4.78 is 6.12. The minimum Gasteiger partial charge on any atom is -0.456 e. The van der Waals surface area contributed by atoms with Gasteiger partial charge < -0.3 is 9.83 Å². The number of fused-ring (bicyclic) bond motifs is 2. The van der Waals surface area contributed by atoms with Gasteiger partial charge in [-0.15, -0.1) is 0 Å². The van der Waals surface area contributed by atoms with E-state index in [1.807, 2.05) is 43.3 Å². The zero-order chi connectivity index (χ0) is 19.7. The van der Waals surface area contributed by atoms with E-state index in [0.717, 1.165) is 50.5 Å². The molecule has 0 bridgehead atoms. The van der Waals surface area contributed by atoms with E-state index >= 15 is 0 Å². The monoisotopic (exact) mass is 433 g/mol. The molecule has 0 radical (unpaired) electrons. The molecule has 0 spiro atoms. The molecule has 2 aliphatic rings. The van der Waals surface area contributed by atoms with E-state index in [1.54, 1.807) is 12.1 Å². The molecule has 1 aliphatic carbocycles. The molecule has 1 N–H and O–H groups in total. The smallest absolute Gasteiger partial charge is 0.163 e. The van der Waals surface area contributed by atoms with Gasteiger partial charge in [-0.1, -0.05) is 52.3 Å². The summed E-state index contributed by atoms with van der Waals surface area (Å²) in [5.41, 5.74) is 5.40. The fraction of sp³-hybridized carbons (Fsp3) is 0.167. The maximum absolute atomic E-state index is 12.9. The number of Topliss-reactive ketones (excluding diaryl/α,β-unsaturated/α-hetero) is 1. The van der Waals surface area contributed by atoms with Crippen LogP contribution in [0.4, 0.5) is 0 Å². The Labute approximate surface area is 172 Å². The number of halogens is 1. The molecule has 1 heterocycles. The predicted molar refractivity (Wildman–Crippen MR) is 116 cm³/mol. The summed E-state index contributed by atoms with van der Waals surface area (Å²) in [6.07, 6.45) is 1.31. The average Bonchev–Trinajstić information content (AvgIpc) is 2.70. The van der Waals surface area contributed by atoms with Crippen molar-refractivity contribution < 1.29 is 9.21 Å². The molecule has 1 aliphatic heterocycles. The summed E-state index contributed by atoms with van der Waals surface area (Å²) in [6, 6.07) is 19.3. The molecule has 2 aromatic rings. The molecule has 3 nitrogen and oxygen atoms in total. The Morgan fingerprint density at radius 1 is 1.04 bits per heavy atom. The minimum atomic E-state index is 0.140. The van der Waals surface area contributed by atoms with Crippen molar-refractivity contribution in [1.82, 2.24) is 0 Å². The lowest BCUT2D eigenvalue weighted by molar-refractivity contribution is 0.0983. The van der Waals surface area contributed by atoms with E-state index in [2.05, 4.69) is 28.1 Å². The fourth-order valence-corrected chi connectivity index (χ4v) is 3.87. The highest BCUT2D eigenvalue weighted by molar-refractivity contribution is 9.09. The number of aryl methyl sites for hydroxylation is 1. The van der Waals surface area contributed by atoms with Crippen LogP contribution in [0.15, 0.2) is 65.1 Å². The normalized spacial score (nSPS) is 11.2. The zero-order valence-electron chi connectivity index (χ0n) is 15.6. The summed E-state index contributed by atoms with van der Waals surface area (Å²) in [6.45, 7) is 2.03. The van der Waals surface area contributed by atoms with Gasteiger partial charge >= 0.3 is 0 Å². The lowest BCUT2D eigenvalue weighted by Gasteiger charge is -2.17. The van der Waals surface area contributed by atoms with Crippen LogP contribution in [0, 0.1) is 12.3 Å². The van der Waals surface area contributed by atoms with Gasteiger partial charge in [0.15, 0.2) is 5.78 Å². The number of carbonyl (C=O) groups excluding carboxylic acids is 1. The molecule has 0 unspecified atom stereocenters. The van der Waals surface area contributed by atoms with Crippen LogP contribution < -0.4 is 5.36 Å². The molecule has 4 heteroatoms. The third-order valence-electron chi connectivity index (χ3n) is 4.91. The number of ketones is 1. The highest BCUT2D eigenvalue weighted by Gasteiger charge is 2.21. The van der Waals surface area contributed by atoms with Crippen molar-refractivity contribution >= 4 is 32.7 Å². The standard InChI is InChI=1S/C24H20BrNO2/c1-15-8-10-19-22(13-15)28-23-14-16(26)9-11-20(23)24(19)18-6-3-2-5-17(18)21(27)7-4-12-25/h2-3,5-6,8-11,13-14,26H,4,7,12H2,1H3. The van der Waals surface area contributed by atoms with E-state index in [0.29, 0.717) is 17.5 Å². The van der Waals surface area contributed by atoms with Crippen molar-refractivity contribution in [3.05, 3.63) is 77.1 Å². The number of alkyl halides is 1. The Morgan fingerprint density at radius 3 is 2.68 bits per heavy atom. The van der Waals surface area contributed by atoms with Gasteiger partial charge in [-0.05, 0) is 42.7 Å². The molecule has 0 amide bonds. The van der Waals surface area contributed by atoms with Crippen molar-refractivity contribution in [1.29, 1.82) is 5.41 Å². The Hall–Kier alpha value is -2.72. The van der Waals surface area contributed by atoms with Gasteiger partial charge in [0.1, 0.15) is 11.3 Å². The van der Waals surface area contributed by atoms with Crippen molar-refractivity contribution in [2.24, 2.45) is 0 Å². The Kier molecular flexibility index (Phi) is 5.14. The summed E-state index contributed by atoms with van der Waals surface area (Å²) in [5.74, 6) is 0.796. The van der Waals surface area contributed by atoms with E-state index in [9.17, 15) is 4.79 Å². The molecule has 28 heavy (non-hydrogen) atoms. The first-order valence-corrected chi connectivity index (χ1v) is 10.4. The first-order chi connectivity index (χ1) is 13.6. The zero-order valence-corrected chi connectivity index (χ0v) is 17.2. The van der Waals surface area contributed by atoms with Crippen LogP contribution in [-0.2, 0) is 0 Å². The molecule has 0 saturated carbocycles. The fourth-order valence-electron chi connectivity index (χ4n) is 3.59. The third kappa shape index (κ3) is 3.40. The molecular weight excluding hydrogens is 414 g/mol. The van der Waals surface area contributed by atoms with Gasteiger partial charge in [-0.3, -0.25) is 4.79 Å². The number of nitrogens with one attached hydrogen (secondary N) is 1. The molecule has 140 valence electrons. The second kappa shape index (κ2) is 7.72. The summed E-state index contributed by atoms with van der Waals surface area (Å²) in [4.78, 5) is 12.9. The lowest BCUT2D eigenvalue weighted by Crippen LogP contribution is -2.04. The lowest BCUT2D eigenvalue weighted by atomic mass is 9.88. The second-order valence-corrected chi connectivity index (χ2v) is 7.74.